The zero-order valence-electron chi connectivity index (χ0n) is 18.0. The first-order chi connectivity index (χ1) is 11.1. The topological polar surface area (TPSA) is 74.8 Å². The third kappa shape index (κ3) is 16.0. The molecule has 5 heteroatoms. The van der Waals surface area contributed by atoms with Crippen LogP contribution in [0.25, 0.3) is 0 Å². The van der Waals surface area contributed by atoms with Crippen molar-refractivity contribution in [3.8, 4) is 0 Å². The summed E-state index contributed by atoms with van der Waals surface area (Å²) < 4.78 is 0. The van der Waals surface area contributed by atoms with Crippen LogP contribution in [0.2, 0.25) is 0 Å². The van der Waals surface area contributed by atoms with E-state index in [1.807, 2.05) is 0 Å². The molecule has 0 aliphatic rings. The number of aliphatic hydroxyl groups is 3. The summed E-state index contributed by atoms with van der Waals surface area (Å²) in [6.07, 6.45) is 2.27. The molecule has 1 aromatic heterocycles. The Hall–Kier alpha value is 0.0301. The van der Waals surface area contributed by atoms with Gasteiger partial charge in [-0.05, 0) is 44.4 Å². The van der Waals surface area contributed by atoms with Crippen LogP contribution in [0.4, 0.5) is 0 Å². The Labute approximate surface area is 175 Å². The largest absolute Gasteiger partial charge is 0.664 e. The van der Waals surface area contributed by atoms with Gasteiger partial charge in [0.1, 0.15) is 0 Å². The minimum atomic E-state index is 0. The first-order valence-corrected chi connectivity index (χ1v) is 9.05. The van der Waals surface area contributed by atoms with E-state index in [0.29, 0.717) is 0 Å². The fourth-order valence-corrected chi connectivity index (χ4v) is 1.48. The van der Waals surface area contributed by atoms with Crippen LogP contribution in [0.3, 0.4) is 0 Å². The van der Waals surface area contributed by atoms with Crippen molar-refractivity contribution in [2.75, 3.05) is 19.8 Å². The van der Waals surface area contributed by atoms with Gasteiger partial charge in [-0.25, -0.2) is 0 Å². The average Bonchev–Trinajstić information content (AvgIpc) is 3.01. The van der Waals surface area contributed by atoms with Gasteiger partial charge in [0, 0.05) is 45.7 Å². The number of hydrogen-bond donors (Lipinski definition) is 3. The van der Waals surface area contributed by atoms with Crippen LogP contribution in [0.5, 0.6) is 0 Å². The standard InChI is InChI=1S/C14H24N.3C2H6O.Hf/c1-7-13(3,4)11-9-10-12(15-11)14(5,6)8-2;3*1-2-3;/h9-10H,7-8H2,1-6H3;3*3H,2H2,1H3;/q-1;;;;. The molecular weight excluding hydrogens is 481 g/mol. The van der Waals surface area contributed by atoms with Crippen LogP contribution >= 0.6 is 0 Å². The van der Waals surface area contributed by atoms with Crippen LogP contribution in [0, 0.1) is 0 Å². The van der Waals surface area contributed by atoms with Gasteiger partial charge in [-0.3, -0.25) is 0 Å². The minimum Gasteiger partial charge on any atom is -0.664 e. The summed E-state index contributed by atoms with van der Waals surface area (Å²) in [7, 11) is 0. The Morgan fingerprint density at radius 1 is 0.680 bits per heavy atom. The van der Waals surface area contributed by atoms with Crippen molar-refractivity contribution in [1.29, 1.82) is 0 Å². The molecule has 0 spiro atoms. The summed E-state index contributed by atoms with van der Waals surface area (Å²) in [5.74, 6) is 0. The van der Waals surface area contributed by atoms with E-state index < -0.39 is 0 Å². The molecule has 0 radical (unpaired) electrons. The van der Waals surface area contributed by atoms with Gasteiger partial charge in [0.25, 0.3) is 0 Å². The van der Waals surface area contributed by atoms with Crippen molar-refractivity contribution in [3.05, 3.63) is 23.5 Å². The van der Waals surface area contributed by atoms with Crippen molar-refractivity contribution in [2.45, 2.75) is 86.0 Å². The monoisotopic (exact) mass is 524 g/mol. The Bertz CT molecular complexity index is 342. The third-order valence-electron chi connectivity index (χ3n) is 3.79. The first-order valence-electron chi connectivity index (χ1n) is 9.05. The number of hydrogen-bond acceptors (Lipinski definition) is 3. The molecule has 3 N–H and O–H groups in total. The van der Waals surface area contributed by atoms with E-state index in [4.69, 9.17) is 20.3 Å². The molecular formula is C20H42HfNO3-. The van der Waals surface area contributed by atoms with E-state index in [2.05, 4.69) is 53.7 Å². The van der Waals surface area contributed by atoms with Crippen molar-refractivity contribution in [1.82, 2.24) is 4.98 Å². The summed E-state index contributed by atoms with van der Waals surface area (Å²) in [5, 5.41) is 22.7. The van der Waals surface area contributed by atoms with Gasteiger partial charge in [0.2, 0.25) is 0 Å². The maximum Gasteiger partial charge on any atom is 0.0402 e. The van der Waals surface area contributed by atoms with Crippen LogP contribution < -0.4 is 4.98 Å². The Kier molecular flexibility index (Phi) is 24.6. The molecule has 0 saturated carbocycles. The molecule has 0 saturated heterocycles. The Morgan fingerprint density at radius 2 is 0.880 bits per heavy atom. The molecule has 1 aromatic rings. The molecule has 25 heavy (non-hydrogen) atoms. The maximum absolute atomic E-state index is 7.57. The van der Waals surface area contributed by atoms with Gasteiger partial charge in [-0.2, -0.15) is 11.4 Å². The second kappa shape index (κ2) is 18.8. The zero-order valence-corrected chi connectivity index (χ0v) is 21.6. The van der Waals surface area contributed by atoms with Crippen LogP contribution in [0.1, 0.15) is 86.5 Å². The van der Waals surface area contributed by atoms with Gasteiger partial charge in [-0.15, -0.1) is 0 Å². The van der Waals surface area contributed by atoms with Gasteiger partial charge in [-0.1, -0.05) is 53.7 Å². The molecule has 150 valence electrons. The summed E-state index contributed by atoms with van der Waals surface area (Å²) in [4.78, 5) is 4.80. The van der Waals surface area contributed by atoms with Gasteiger partial charge in [0.15, 0.2) is 0 Å². The SMILES string of the molecule is CCC(C)(C)c1ccc(C(C)(C)CC)[n-]1.CCO.CCO.CCO.[Hf]. The second-order valence-corrected chi connectivity index (χ2v) is 6.64. The fourth-order valence-electron chi connectivity index (χ4n) is 1.48. The molecule has 0 aromatic carbocycles. The average molecular weight is 523 g/mol. The predicted octanol–water partition coefficient (Wildman–Crippen LogP) is 4.01. The van der Waals surface area contributed by atoms with E-state index >= 15 is 0 Å². The number of aromatic nitrogens is 1. The van der Waals surface area contributed by atoms with E-state index in [0.717, 1.165) is 12.8 Å². The quantitative estimate of drug-likeness (QED) is 0.522. The summed E-state index contributed by atoms with van der Waals surface area (Å²) >= 11 is 0. The normalized spacial score (nSPS) is 10.1. The molecule has 0 bridgehead atoms. The van der Waals surface area contributed by atoms with Gasteiger partial charge >= 0.3 is 0 Å². The summed E-state index contributed by atoms with van der Waals surface area (Å²) in [6, 6.07) is 4.38. The third-order valence-corrected chi connectivity index (χ3v) is 3.79. The first kappa shape index (κ1) is 32.7. The fraction of sp³-hybridized carbons (Fsp3) is 0.800. The molecule has 4 nitrogen and oxygen atoms in total. The van der Waals surface area contributed by atoms with Crippen LogP contribution in [-0.2, 0) is 36.7 Å². The van der Waals surface area contributed by atoms with E-state index in [9.17, 15) is 0 Å². The maximum atomic E-state index is 7.57. The van der Waals surface area contributed by atoms with E-state index in [-0.39, 0.29) is 56.5 Å². The molecule has 0 unspecified atom stereocenters. The van der Waals surface area contributed by atoms with Crippen molar-refractivity contribution >= 4 is 0 Å². The van der Waals surface area contributed by atoms with E-state index in [1.54, 1.807) is 20.8 Å². The summed E-state index contributed by atoms with van der Waals surface area (Å²) in [5.41, 5.74) is 2.90. The zero-order chi connectivity index (χ0) is 19.8. The predicted molar refractivity (Wildman–Crippen MR) is 105 cm³/mol. The van der Waals surface area contributed by atoms with Gasteiger partial charge < -0.3 is 20.3 Å². The number of nitrogens with zero attached hydrogens (tertiary/aromatic N) is 1. The van der Waals surface area contributed by atoms with Crippen LogP contribution in [0.15, 0.2) is 12.1 Å². The van der Waals surface area contributed by atoms with Crippen molar-refractivity contribution in [2.24, 2.45) is 0 Å². The molecule has 1 rings (SSSR count). The van der Waals surface area contributed by atoms with Crippen LogP contribution in [-0.4, -0.2) is 35.1 Å². The minimum absolute atomic E-state index is 0. The van der Waals surface area contributed by atoms with Crippen molar-refractivity contribution < 1.29 is 41.2 Å². The number of rotatable bonds is 4. The molecule has 0 atom stereocenters. The Morgan fingerprint density at radius 3 is 1.04 bits per heavy atom. The Balaban J connectivity index is -0.000000186. The molecule has 0 fully saturated rings. The summed E-state index contributed by atoms with van der Waals surface area (Å²) in [6.45, 7) is 19.3. The van der Waals surface area contributed by atoms with Crippen molar-refractivity contribution in [3.63, 3.8) is 0 Å². The van der Waals surface area contributed by atoms with E-state index in [1.165, 1.54) is 11.4 Å². The molecule has 0 aliphatic heterocycles. The number of aliphatic hydroxyl groups excluding tert-OH is 3. The molecule has 0 amide bonds. The smallest absolute Gasteiger partial charge is 0.0402 e. The molecule has 0 aliphatic carbocycles. The van der Waals surface area contributed by atoms with Gasteiger partial charge in [0.05, 0.1) is 0 Å². The second-order valence-electron chi connectivity index (χ2n) is 6.64. The molecule has 1 heterocycles.